The highest BCUT2D eigenvalue weighted by Crippen LogP contribution is 2.48. The Morgan fingerprint density at radius 3 is 1.89 bits per heavy atom. The van der Waals surface area contributed by atoms with Crippen LogP contribution >= 0.6 is 0 Å². The predicted octanol–water partition coefficient (Wildman–Crippen LogP) is 3.78. The molecule has 0 atom stereocenters. The summed E-state index contributed by atoms with van der Waals surface area (Å²) in [6.45, 7) is 2.31. The summed E-state index contributed by atoms with van der Waals surface area (Å²) in [5.74, 6) is 0. The molecule has 0 fully saturated rings. The second-order valence-corrected chi connectivity index (χ2v) is 6.61. The predicted molar refractivity (Wildman–Crippen MR) is 112 cm³/mol. The van der Waals surface area contributed by atoms with Crippen molar-refractivity contribution in [3.63, 3.8) is 0 Å². The Hall–Kier alpha value is -3.67. The number of anilines is 3. The molecule has 4 rings (SSSR count). The largest absolute Gasteiger partial charge is 0.451 e. The van der Waals surface area contributed by atoms with E-state index in [1.54, 1.807) is 0 Å². The van der Waals surface area contributed by atoms with Crippen LogP contribution in [0.2, 0.25) is 0 Å². The zero-order valence-electron chi connectivity index (χ0n) is 15.6. The minimum atomic E-state index is -0.976. The summed E-state index contributed by atoms with van der Waals surface area (Å²) in [5, 5.41) is 0. The maximum Gasteiger partial charge on any atom is 0.390 e. The lowest BCUT2D eigenvalue weighted by molar-refractivity contribution is 0.0726. The van der Waals surface area contributed by atoms with E-state index in [9.17, 15) is 0 Å². The summed E-state index contributed by atoms with van der Waals surface area (Å²) in [6.07, 6.45) is 0.189. The van der Waals surface area contributed by atoms with Crippen molar-refractivity contribution in [1.82, 2.24) is 0 Å². The molecule has 1 heterocycles. The second-order valence-electron chi connectivity index (χ2n) is 6.61. The first-order chi connectivity index (χ1) is 13.5. The molecule has 3 aromatic carbocycles. The third-order valence-electron chi connectivity index (χ3n) is 4.76. The van der Waals surface area contributed by atoms with Gasteiger partial charge in [-0.3, -0.25) is 0 Å². The van der Waals surface area contributed by atoms with Gasteiger partial charge >= 0.3 is 6.08 Å². The molecule has 6 nitrogen and oxygen atoms in total. The molecule has 6 N–H and O–H groups in total. The van der Waals surface area contributed by atoms with E-state index in [0.29, 0.717) is 29.4 Å². The van der Waals surface area contributed by atoms with Crippen LogP contribution in [0.4, 0.5) is 22.7 Å². The minimum Gasteiger partial charge on any atom is -0.451 e. The molecule has 0 saturated heterocycles. The summed E-state index contributed by atoms with van der Waals surface area (Å²) in [6, 6.07) is 20.8. The standard InChI is InChI=1S/C22H22N4O2/c1-2-27-21-26-20-13-18(25)11-12-19(20)22(28-21,14-3-7-16(23)8-4-14)15-5-9-17(24)10-6-15/h3-13H,2,23-25H2,1H3. The Balaban J connectivity index is 2.03. The highest BCUT2D eigenvalue weighted by Gasteiger charge is 2.44. The van der Waals surface area contributed by atoms with Crippen molar-refractivity contribution in [1.29, 1.82) is 0 Å². The van der Waals surface area contributed by atoms with Gasteiger partial charge in [-0.1, -0.05) is 30.3 Å². The zero-order valence-corrected chi connectivity index (χ0v) is 15.6. The highest BCUT2D eigenvalue weighted by atomic mass is 16.7. The lowest BCUT2D eigenvalue weighted by Crippen LogP contribution is -2.38. The van der Waals surface area contributed by atoms with Crippen LogP contribution in [-0.2, 0) is 15.1 Å². The fraction of sp³-hybridized carbons (Fsp3) is 0.136. The van der Waals surface area contributed by atoms with Crippen LogP contribution in [0.5, 0.6) is 0 Å². The first-order valence-electron chi connectivity index (χ1n) is 9.05. The second kappa shape index (κ2) is 6.81. The quantitative estimate of drug-likeness (QED) is 0.605. The Morgan fingerprint density at radius 1 is 0.821 bits per heavy atom. The summed E-state index contributed by atoms with van der Waals surface area (Å²) in [7, 11) is 0. The van der Waals surface area contributed by atoms with Crippen molar-refractivity contribution < 1.29 is 9.47 Å². The maximum absolute atomic E-state index is 6.44. The SMILES string of the molecule is CCOC1=Nc2cc(N)ccc2C(c2ccc(N)cc2)(c2ccc(N)cc2)O1. The van der Waals surface area contributed by atoms with Gasteiger partial charge in [-0.05, 0) is 43.3 Å². The van der Waals surface area contributed by atoms with Crippen molar-refractivity contribution in [2.45, 2.75) is 12.5 Å². The molecule has 0 bridgehead atoms. The molecule has 28 heavy (non-hydrogen) atoms. The number of aliphatic imine (C=N–C) groups is 1. The average Bonchev–Trinajstić information content (AvgIpc) is 2.68. The molecule has 0 radical (unpaired) electrons. The molecule has 0 unspecified atom stereocenters. The molecule has 0 amide bonds. The summed E-state index contributed by atoms with van der Waals surface area (Å²) < 4.78 is 12.1. The summed E-state index contributed by atoms with van der Waals surface area (Å²) in [4.78, 5) is 4.52. The van der Waals surface area contributed by atoms with E-state index >= 15 is 0 Å². The number of hydrogen-bond donors (Lipinski definition) is 3. The van der Waals surface area contributed by atoms with Gasteiger partial charge < -0.3 is 26.7 Å². The first kappa shape index (κ1) is 17.7. The van der Waals surface area contributed by atoms with E-state index in [4.69, 9.17) is 26.7 Å². The third-order valence-corrected chi connectivity index (χ3v) is 4.76. The Kier molecular flexibility index (Phi) is 4.31. The van der Waals surface area contributed by atoms with Crippen molar-refractivity contribution in [3.8, 4) is 0 Å². The Labute approximate surface area is 163 Å². The first-order valence-corrected chi connectivity index (χ1v) is 9.05. The van der Waals surface area contributed by atoms with Crippen molar-refractivity contribution >= 4 is 28.8 Å². The van der Waals surface area contributed by atoms with Crippen molar-refractivity contribution in [3.05, 3.63) is 83.4 Å². The molecule has 1 aliphatic rings. The highest BCUT2D eigenvalue weighted by molar-refractivity contribution is 5.80. The molecule has 0 aliphatic carbocycles. The zero-order chi connectivity index (χ0) is 19.7. The average molecular weight is 374 g/mol. The molecular weight excluding hydrogens is 352 g/mol. The van der Waals surface area contributed by atoms with Crippen LogP contribution in [0.1, 0.15) is 23.6 Å². The minimum absolute atomic E-state index is 0.189. The molecule has 1 aliphatic heterocycles. The molecule has 6 heteroatoms. The van der Waals surface area contributed by atoms with Gasteiger partial charge in [0.25, 0.3) is 0 Å². The lowest BCUT2D eigenvalue weighted by Gasteiger charge is -2.39. The van der Waals surface area contributed by atoms with Gasteiger partial charge in [0.15, 0.2) is 5.60 Å². The van der Waals surface area contributed by atoms with E-state index in [1.807, 2.05) is 73.7 Å². The summed E-state index contributed by atoms with van der Waals surface area (Å²) in [5.41, 5.74) is 22.2. The number of nitrogens with zero attached hydrogens (tertiary/aromatic N) is 1. The van der Waals surface area contributed by atoms with Crippen molar-refractivity contribution in [2.75, 3.05) is 23.8 Å². The number of benzene rings is 3. The van der Waals surface area contributed by atoms with Crippen LogP contribution in [0.15, 0.2) is 71.7 Å². The van der Waals surface area contributed by atoms with Gasteiger partial charge in [-0.2, -0.15) is 4.99 Å². The number of nitrogen functional groups attached to an aromatic ring is 3. The van der Waals surface area contributed by atoms with Gasteiger partial charge in [0.05, 0.1) is 12.3 Å². The Bertz CT molecular complexity index is 982. The van der Waals surface area contributed by atoms with E-state index < -0.39 is 5.60 Å². The van der Waals surface area contributed by atoms with Gasteiger partial charge in [-0.15, -0.1) is 0 Å². The fourth-order valence-corrected chi connectivity index (χ4v) is 3.46. The molecule has 0 saturated carbocycles. The normalized spacial score (nSPS) is 14.5. The van der Waals surface area contributed by atoms with E-state index in [0.717, 1.165) is 16.7 Å². The number of nitrogens with two attached hydrogens (primary N) is 3. The lowest BCUT2D eigenvalue weighted by atomic mass is 9.78. The van der Waals surface area contributed by atoms with Gasteiger partial charge in [0, 0.05) is 33.8 Å². The number of rotatable bonds is 3. The van der Waals surface area contributed by atoms with Crippen molar-refractivity contribution in [2.24, 2.45) is 4.99 Å². The van der Waals surface area contributed by atoms with E-state index in [1.165, 1.54) is 0 Å². The third kappa shape index (κ3) is 2.89. The van der Waals surface area contributed by atoms with Crippen LogP contribution in [0, 0.1) is 0 Å². The monoisotopic (exact) mass is 374 g/mol. The summed E-state index contributed by atoms with van der Waals surface area (Å²) >= 11 is 0. The molecular formula is C22H22N4O2. The smallest absolute Gasteiger partial charge is 0.390 e. The van der Waals surface area contributed by atoms with E-state index in [2.05, 4.69) is 4.99 Å². The maximum atomic E-state index is 6.44. The van der Waals surface area contributed by atoms with Crippen LogP contribution in [-0.4, -0.2) is 12.7 Å². The van der Waals surface area contributed by atoms with Gasteiger partial charge in [0.1, 0.15) is 0 Å². The Morgan fingerprint density at radius 2 is 1.36 bits per heavy atom. The van der Waals surface area contributed by atoms with Crippen LogP contribution in [0.3, 0.4) is 0 Å². The molecule has 0 spiro atoms. The molecule has 142 valence electrons. The van der Waals surface area contributed by atoms with Crippen LogP contribution < -0.4 is 17.2 Å². The topological polar surface area (TPSA) is 109 Å². The van der Waals surface area contributed by atoms with Gasteiger partial charge in [0.2, 0.25) is 0 Å². The number of ether oxygens (including phenoxy) is 2. The number of fused-ring (bicyclic) bond motifs is 1. The fourth-order valence-electron chi connectivity index (χ4n) is 3.46. The van der Waals surface area contributed by atoms with E-state index in [-0.39, 0.29) is 6.08 Å². The molecule has 0 aromatic heterocycles. The van der Waals surface area contributed by atoms with Gasteiger partial charge in [-0.25, -0.2) is 0 Å². The molecule has 3 aromatic rings. The number of hydrogen-bond acceptors (Lipinski definition) is 6. The van der Waals surface area contributed by atoms with Crippen LogP contribution in [0.25, 0.3) is 0 Å².